The lowest BCUT2D eigenvalue weighted by Crippen LogP contribution is -2.42. The quantitative estimate of drug-likeness (QED) is 0.755. The highest BCUT2D eigenvalue weighted by Crippen LogP contribution is 2.29. The lowest BCUT2D eigenvalue weighted by molar-refractivity contribution is 0.0707. The van der Waals surface area contributed by atoms with E-state index in [-0.39, 0.29) is 11.7 Å². The zero-order valence-electron chi connectivity index (χ0n) is 10.4. The van der Waals surface area contributed by atoms with Crippen molar-refractivity contribution in [2.24, 2.45) is 11.7 Å². The Labute approximate surface area is 106 Å². The predicted octanol–water partition coefficient (Wildman–Crippen LogP) is 1.18. The lowest BCUT2D eigenvalue weighted by Gasteiger charge is -2.27. The molecule has 4 heteroatoms. The van der Waals surface area contributed by atoms with Crippen LogP contribution >= 0.6 is 0 Å². The number of methoxy groups -OCH3 is 1. The molecule has 0 amide bonds. The summed E-state index contributed by atoms with van der Waals surface area (Å²) in [6, 6.07) is 5.27. The molecular formula is C14H15NO3. The topological polar surface area (TPSA) is 61.6 Å². The smallest absolute Gasteiger partial charge is 0.174 e. The average molecular weight is 245 g/mol. The summed E-state index contributed by atoms with van der Waals surface area (Å²) in [5, 5.41) is 0. The van der Waals surface area contributed by atoms with Crippen LogP contribution in [0.25, 0.3) is 0 Å². The summed E-state index contributed by atoms with van der Waals surface area (Å²) >= 11 is 0. The second-order valence-corrected chi connectivity index (χ2v) is 4.18. The summed E-state index contributed by atoms with van der Waals surface area (Å²) < 4.78 is 10.4. The monoisotopic (exact) mass is 245 g/mol. The highest BCUT2D eigenvalue weighted by molar-refractivity contribution is 6.01. The van der Waals surface area contributed by atoms with Crippen LogP contribution in [0, 0.1) is 17.8 Å². The van der Waals surface area contributed by atoms with Crippen LogP contribution in [0.1, 0.15) is 22.8 Å². The highest BCUT2D eigenvalue weighted by Gasteiger charge is 2.31. The van der Waals surface area contributed by atoms with Crippen LogP contribution in [-0.2, 0) is 4.74 Å². The third-order valence-electron chi connectivity index (χ3n) is 2.87. The van der Waals surface area contributed by atoms with Gasteiger partial charge in [-0.05, 0) is 18.2 Å². The number of nitrogens with two attached hydrogens (primary N) is 1. The lowest BCUT2D eigenvalue weighted by atomic mass is 9.94. The van der Waals surface area contributed by atoms with E-state index >= 15 is 0 Å². The molecule has 2 rings (SSSR count). The van der Waals surface area contributed by atoms with E-state index in [0.29, 0.717) is 17.9 Å². The molecule has 0 spiro atoms. The molecular weight excluding hydrogens is 230 g/mol. The van der Waals surface area contributed by atoms with E-state index < -0.39 is 6.23 Å². The molecule has 0 radical (unpaired) electrons. The van der Waals surface area contributed by atoms with Gasteiger partial charge in [-0.2, -0.15) is 0 Å². The highest BCUT2D eigenvalue weighted by atomic mass is 16.5. The molecule has 1 aliphatic heterocycles. The fourth-order valence-corrected chi connectivity index (χ4v) is 1.75. The minimum atomic E-state index is -0.591. The normalized spacial score (nSPS) is 21.6. The molecule has 2 atom stereocenters. The molecule has 0 aliphatic carbocycles. The van der Waals surface area contributed by atoms with E-state index in [4.69, 9.17) is 15.2 Å². The molecule has 2 N–H and O–H groups in total. The van der Waals surface area contributed by atoms with Crippen LogP contribution in [0.4, 0.5) is 0 Å². The molecule has 1 heterocycles. The van der Waals surface area contributed by atoms with Gasteiger partial charge in [0.05, 0.1) is 11.5 Å². The van der Waals surface area contributed by atoms with Crippen LogP contribution in [-0.4, -0.2) is 25.7 Å². The number of carbonyl (C=O) groups is 1. The predicted molar refractivity (Wildman–Crippen MR) is 67.3 cm³/mol. The van der Waals surface area contributed by atoms with Gasteiger partial charge in [-0.1, -0.05) is 18.8 Å². The molecule has 1 aromatic carbocycles. The number of hydrogen-bond acceptors (Lipinski definition) is 4. The molecule has 18 heavy (non-hydrogen) atoms. The summed E-state index contributed by atoms with van der Waals surface area (Å²) in [5.74, 6) is 5.98. The van der Waals surface area contributed by atoms with Crippen molar-refractivity contribution in [3.8, 4) is 17.6 Å². The summed E-state index contributed by atoms with van der Waals surface area (Å²) in [6.07, 6.45) is -0.591. The van der Waals surface area contributed by atoms with Crippen LogP contribution < -0.4 is 10.5 Å². The van der Waals surface area contributed by atoms with Crippen molar-refractivity contribution in [3.05, 3.63) is 29.3 Å². The van der Waals surface area contributed by atoms with Gasteiger partial charge in [0.2, 0.25) is 0 Å². The number of carbonyl (C=O) groups excluding carboxylic acids is 1. The van der Waals surface area contributed by atoms with E-state index in [1.807, 2.05) is 0 Å². The molecule has 0 saturated heterocycles. The third-order valence-corrected chi connectivity index (χ3v) is 2.87. The Morgan fingerprint density at radius 2 is 2.28 bits per heavy atom. The SMILES string of the molecule is COCC#Cc1ccc2c(c1)OC(N)C(C)C2=O. The molecule has 0 bridgehead atoms. The van der Waals surface area contributed by atoms with Gasteiger partial charge >= 0.3 is 0 Å². The van der Waals surface area contributed by atoms with Crippen LogP contribution in [0.5, 0.6) is 5.75 Å². The van der Waals surface area contributed by atoms with Gasteiger partial charge in [-0.25, -0.2) is 0 Å². The number of benzene rings is 1. The first-order valence-corrected chi connectivity index (χ1v) is 5.72. The molecule has 0 saturated carbocycles. The number of fused-ring (bicyclic) bond motifs is 1. The van der Waals surface area contributed by atoms with Crippen molar-refractivity contribution in [3.63, 3.8) is 0 Å². The van der Waals surface area contributed by atoms with Gasteiger partial charge in [-0.15, -0.1) is 0 Å². The van der Waals surface area contributed by atoms with Crippen molar-refractivity contribution in [2.75, 3.05) is 13.7 Å². The van der Waals surface area contributed by atoms with Crippen LogP contribution in [0.2, 0.25) is 0 Å². The zero-order valence-corrected chi connectivity index (χ0v) is 10.4. The van der Waals surface area contributed by atoms with Crippen LogP contribution in [0.3, 0.4) is 0 Å². The van der Waals surface area contributed by atoms with Gasteiger partial charge in [0.15, 0.2) is 12.0 Å². The maximum atomic E-state index is 12.0. The maximum absolute atomic E-state index is 12.0. The Hall–Kier alpha value is -1.83. The van der Waals surface area contributed by atoms with E-state index in [2.05, 4.69) is 11.8 Å². The van der Waals surface area contributed by atoms with Crippen molar-refractivity contribution in [2.45, 2.75) is 13.2 Å². The average Bonchev–Trinajstić information content (AvgIpc) is 2.36. The molecule has 4 nitrogen and oxygen atoms in total. The number of rotatable bonds is 1. The summed E-state index contributed by atoms with van der Waals surface area (Å²) in [5.41, 5.74) is 7.11. The molecule has 2 unspecified atom stereocenters. The van der Waals surface area contributed by atoms with Crippen molar-refractivity contribution in [1.29, 1.82) is 0 Å². The number of ether oxygens (including phenoxy) is 2. The fourth-order valence-electron chi connectivity index (χ4n) is 1.75. The molecule has 1 aromatic rings. The first-order chi connectivity index (χ1) is 8.63. The fraction of sp³-hybridized carbons (Fsp3) is 0.357. The summed E-state index contributed by atoms with van der Waals surface area (Å²) in [4.78, 5) is 12.0. The largest absolute Gasteiger partial charge is 0.474 e. The standard InChI is InChI=1S/C14H15NO3/c1-9-13(16)11-6-5-10(4-3-7-17-2)8-12(11)18-14(9)15/h5-6,8-9,14H,7,15H2,1-2H3. The Morgan fingerprint density at radius 1 is 1.50 bits per heavy atom. The van der Waals surface area contributed by atoms with Crippen molar-refractivity contribution >= 4 is 5.78 Å². The Balaban J connectivity index is 2.31. The second kappa shape index (κ2) is 5.21. The minimum absolute atomic E-state index is 0.0140. The van der Waals surface area contributed by atoms with E-state index in [1.54, 1.807) is 32.2 Å². The second-order valence-electron chi connectivity index (χ2n) is 4.18. The maximum Gasteiger partial charge on any atom is 0.174 e. The molecule has 1 aliphatic rings. The van der Waals surface area contributed by atoms with Gasteiger partial charge in [-0.3, -0.25) is 10.5 Å². The van der Waals surface area contributed by atoms with E-state index in [0.717, 1.165) is 5.56 Å². The van der Waals surface area contributed by atoms with Gasteiger partial charge < -0.3 is 9.47 Å². The zero-order chi connectivity index (χ0) is 13.1. The number of Topliss-reactive ketones (excluding diaryl/α,β-unsaturated/α-hetero) is 1. The summed E-state index contributed by atoms with van der Waals surface area (Å²) in [7, 11) is 1.59. The van der Waals surface area contributed by atoms with E-state index in [1.165, 1.54) is 0 Å². The molecule has 0 aromatic heterocycles. The summed E-state index contributed by atoms with van der Waals surface area (Å²) in [6.45, 7) is 2.13. The van der Waals surface area contributed by atoms with E-state index in [9.17, 15) is 4.79 Å². The van der Waals surface area contributed by atoms with Gasteiger partial charge in [0, 0.05) is 12.7 Å². The van der Waals surface area contributed by atoms with Crippen molar-refractivity contribution < 1.29 is 14.3 Å². The minimum Gasteiger partial charge on any atom is -0.474 e. The number of hydrogen-bond donors (Lipinski definition) is 1. The molecule has 0 fully saturated rings. The Kier molecular flexibility index (Phi) is 3.66. The number of ketones is 1. The van der Waals surface area contributed by atoms with Gasteiger partial charge in [0.1, 0.15) is 12.4 Å². The third kappa shape index (κ3) is 2.37. The van der Waals surface area contributed by atoms with Crippen molar-refractivity contribution in [1.82, 2.24) is 0 Å². The Morgan fingerprint density at radius 3 is 3.00 bits per heavy atom. The first kappa shape index (κ1) is 12.6. The Bertz CT molecular complexity index is 528. The molecule has 94 valence electrons. The first-order valence-electron chi connectivity index (χ1n) is 5.72. The van der Waals surface area contributed by atoms with Gasteiger partial charge in [0.25, 0.3) is 0 Å². The van der Waals surface area contributed by atoms with Crippen LogP contribution in [0.15, 0.2) is 18.2 Å².